The standard InChI is InChI=1S/C14H26O4/c1-5-8-12(15)14(4,11-17-10-7-3)18-13(16)9-6-2/h5-11H2,1-4H3. The molecule has 0 spiro atoms. The van der Waals surface area contributed by atoms with Crippen molar-refractivity contribution in [3.63, 3.8) is 0 Å². The zero-order chi connectivity index (χ0) is 14.0. The maximum atomic E-state index is 12.0. The SMILES string of the molecule is CCCOCC(C)(OC(=O)CCC)C(=O)CCC. The highest BCUT2D eigenvalue weighted by Gasteiger charge is 2.36. The lowest BCUT2D eigenvalue weighted by molar-refractivity contribution is -0.172. The van der Waals surface area contributed by atoms with Crippen LogP contribution in [0.25, 0.3) is 0 Å². The Kier molecular flexibility index (Phi) is 8.63. The van der Waals surface area contributed by atoms with Crippen LogP contribution >= 0.6 is 0 Å². The van der Waals surface area contributed by atoms with Gasteiger partial charge in [-0.2, -0.15) is 0 Å². The Bertz CT molecular complexity index is 263. The van der Waals surface area contributed by atoms with E-state index >= 15 is 0 Å². The minimum absolute atomic E-state index is 0.0643. The molecule has 0 aliphatic heterocycles. The zero-order valence-electron chi connectivity index (χ0n) is 12.1. The fraction of sp³-hybridized carbons (Fsp3) is 0.857. The topological polar surface area (TPSA) is 52.6 Å². The van der Waals surface area contributed by atoms with Gasteiger partial charge in [0.2, 0.25) is 0 Å². The summed E-state index contributed by atoms with van der Waals surface area (Å²) in [5.74, 6) is -0.393. The van der Waals surface area contributed by atoms with Gasteiger partial charge in [0.15, 0.2) is 11.4 Å². The highest BCUT2D eigenvalue weighted by atomic mass is 16.6. The average Bonchev–Trinajstić information content (AvgIpc) is 2.29. The van der Waals surface area contributed by atoms with E-state index in [1.54, 1.807) is 6.92 Å². The lowest BCUT2D eigenvalue weighted by Crippen LogP contribution is -2.44. The average molecular weight is 258 g/mol. The highest BCUT2D eigenvalue weighted by molar-refractivity contribution is 5.89. The van der Waals surface area contributed by atoms with Gasteiger partial charge in [0.05, 0.1) is 6.61 Å². The molecule has 0 aliphatic rings. The molecular weight excluding hydrogens is 232 g/mol. The molecule has 0 bridgehead atoms. The van der Waals surface area contributed by atoms with Crippen LogP contribution in [0.3, 0.4) is 0 Å². The Morgan fingerprint density at radius 1 is 1.00 bits per heavy atom. The number of hydrogen-bond acceptors (Lipinski definition) is 4. The first-order valence-electron chi connectivity index (χ1n) is 6.83. The smallest absolute Gasteiger partial charge is 0.306 e. The lowest BCUT2D eigenvalue weighted by Gasteiger charge is -2.28. The maximum absolute atomic E-state index is 12.0. The van der Waals surface area contributed by atoms with Crippen LogP contribution in [-0.4, -0.2) is 30.6 Å². The quantitative estimate of drug-likeness (QED) is 0.446. The van der Waals surface area contributed by atoms with Crippen LogP contribution in [-0.2, 0) is 19.1 Å². The molecule has 0 aromatic rings. The summed E-state index contributed by atoms with van der Waals surface area (Å²) in [6.45, 7) is 8.19. The van der Waals surface area contributed by atoms with E-state index < -0.39 is 5.60 Å². The second-order valence-corrected chi connectivity index (χ2v) is 4.68. The molecule has 0 rings (SSSR count). The summed E-state index contributed by atoms with van der Waals surface area (Å²) >= 11 is 0. The molecule has 1 atom stereocenters. The van der Waals surface area contributed by atoms with Gasteiger partial charge >= 0.3 is 5.97 Å². The minimum Gasteiger partial charge on any atom is -0.449 e. The van der Waals surface area contributed by atoms with Crippen molar-refractivity contribution in [2.75, 3.05) is 13.2 Å². The molecule has 0 fully saturated rings. The van der Waals surface area contributed by atoms with E-state index in [1.807, 2.05) is 20.8 Å². The van der Waals surface area contributed by atoms with Crippen molar-refractivity contribution in [3.8, 4) is 0 Å². The summed E-state index contributed by atoms with van der Waals surface area (Å²) in [6.07, 6.45) is 3.08. The predicted octanol–water partition coefficient (Wildman–Crippen LogP) is 2.88. The van der Waals surface area contributed by atoms with Gasteiger partial charge in [-0.15, -0.1) is 0 Å². The maximum Gasteiger partial charge on any atom is 0.306 e. The van der Waals surface area contributed by atoms with Gasteiger partial charge in [-0.3, -0.25) is 9.59 Å². The summed E-state index contributed by atoms with van der Waals surface area (Å²) in [4.78, 5) is 23.6. The number of esters is 1. The van der Waals surface area contributed by atoms with E-state index in [4.69, 9.17) is 9.47 Å². The molecule has 0 aromatic carbocycles. The van der Waals surface area contributed by atoms with Gasteiger partial charge in [0.1, 0.15) is 0 Å². The molecule has 18 heavy (non-hydrogen) atoms. The molecule has 4 nitrogen and oxygen atoms in total. The summed E-state index contributed by atoms with van der Waals surface area (Å²) in [5, 5.41) is 0. The molecule has 106 valence electrons. The first-order chi connectivity index (χ1) is 8.50. The second kappa shape index (κ2) is 9.09. The summed E-state index contributed by atoms with van der Waals surface area (Å²) in [5.41, 5.74) is -1.13. The lowest BCUT2D eigenvalue weighted by atomic mass is 9.98. The van der Waals surface area contributed by atoms with Crippen molar-refractivity contribution in [2.24, 2.45) is 0 Å². The van der Waals surface area contributed by atoms with Gasteiger partial charge in [0.25, 0.3) is 0 Å². The predicted molar refractivity (Wildman–Crippen MR) is 70.4 cm³/mol. The number of carbonyl (C=O) groups is 2. The van der Waals surface area contributed by atoms with E-state index in [9.17, 15) is 9.59 Å². The molecule has 0 heterocycles. The van der Waals surface area contributed by atoms with Gasteiger partial charge < -0.3 is 9.47 Å². The van der Waals surface area contributed by atoms with Crippen LogP contribution in [0.2, 0.25) is 0 Å². The molecule has 0 aromatic heterocycles. The van der Waals surface area contributed by atoms with Crippen LogP contribution < -0.4 is 0 Å². The summed E-state index contributed by atoms with van der Waals surface area (Å²) in [7, 11) is 0. The van der Waals surface area contributed by atoms with E-state index in [2.05, 4.69) is 0 Å². The van der Waals surface area contributed by atoms with E-state index in [0.29, 0.717) is 25.9 Å². The number of rotatable bonds is 10. The Balaban J connectivity index is 4.57. The third kappa shape index (κ3) is 6.15. The fourth-order valence-corrected chi connectivity index (χ4v) is 1.58. The molecule has 0 saturated carbocycles. The van der Waals surface area contributed by atoms with Crippen molar-refractivity contribution in [1.82, 2.24) is 0 Å². The van der Waals surface area contributed by atoms with E-state index in [1.165, 1.54) is 0 Å². The van der Waals surface area contributed by atoms with Crippen molar-refractivity contribution in [1.29, 1.82) is 0 Å². The molecule has 0 N–H and O–H groups in total. The number of Topliss-reactive ketones (excluding diaryl/α,β-unsaturated/α-hetero) is 1. The van der Waals surface area contributed by atoms with Gasteiger partial charge in [-0.1, -0.05) is 20.8 Å². The fourth-order valence-electron chi connectivity index (χ4n) is 1.58. The molecular formula is C14H26O4. The van der Waals surface area contributed by atoms with Gasteiger partial charge in [-0.05, 0) is 26.2 Å². The molecule has 0 saturated heterocycles. The normalized spacial score (nSPS) is 14.0. The van der Waals surface area contributed by atoms with Crippen molar-refractivity contribution in [3.05, 3.63) is 0 Å². The number of ether oxygens (including phenoxy) is 2. The zero-order valence-corrected chi connectivity index (χ0v) is 12.1. The van der Waals surface area contributed by atoms with Gasteiger partial charge in [0, 0.05) is 19.4 Å². The second-order valence-electron chi connectivity index (χ2n) is 4.68. The van der Waals surface area contributed by atoms with Crippen LogP contribution in [0.4, 0.5) is 0 Å². The Morgan fingerprint density at radius 3 is 2.11 bits per heavy atom. The molecule has 1 unspecified atom stereocenters. The van der Waals surface area contributed by atoms with Crippen LogP contribution in [0.5, 0.6) is 0 Å². The van der Waals surface area contributed by atoms with Crippen molar-refractivity contribution >= 4 is 11.8 Å². The Morgan fingerprint density at radius 2 is 1.61 bits per heavy atom. The summed E-state index contributed by atoms with van der Waals surface area (Å²) < 4.78 is 10.7. The van der Waals surface area contributed by atoms with Crippen LogP contribution in [0.1, 0.15) is 59.8 Å². The van der Waals surface area contributed by atoms with E-state index in [0.717, 1.165) is 12.8 Å². The Hall–Kier alpha value is -0.900. The highest BCUT2D eigenvalue weighted by Crippen LogP contribution is 2.17. The third-order valence-electron chi connectivity index (χ3n) is 2.59. The van der Waals surface area contributed by atoms with Crippen molar-refractivity contribution in [2.45, 2.75) is 65.4 Å². The first kappa shape index (κ1) is 17.1. The minimum atomic E-state index is -1.13. The largest absolute Gasteiger partial charge is 0.449 e. The van der Waals surface area contributed by atoms with Crippen LogP contribution in [0, 0.1) is 0 Å². The van der Waals surface area contributed by atoms with Gasteiger partial charge in [-0.25, -0.2) is 0 Å². The molecule has 0 aliphatic carbocycles. The first-order valence-corrected chi connectivity index (χ1v) is 6.83. The van der Waals surface area contributed by atoms with Crippen molar-refractivity contribution < 1.29 is 19.1 Å². The van der Waals surface area contributed by atoms with E-state index in [-0.39, 0.29) is 18.4 Å². The molecule has 0 amide bonds. The Labute approximate surface area is 110 Å². The monoisotopic (exact) mass is 258 g/mol. The summed E-state index contributed by atoms with van der Waals surface area (Å²) in [6, 6.07) is 0. The number of hydrogen-bond donors (Lipinski definition) is 0. The van der Waals surface area contributed by atoms with Crippen LogP contribution in [0.15, 0.2) is 0 Å². The number of ketones is 1. The molecule has 4 heteroatoms. The molecule has 0 radical (unpaired) electrons. The number of carbonyl (C=O) groups excluding carboxylic acids is 2. The third-order valence-corrected chi connectivity index (χ3v) is 2.59.